The number of hydrogen-bond acceptors (Lipinski definition) is 8. The average Bonchev–Trinajstić information content (AvgIpc) is 3.25. The number of benzene rings is 2. The van der Waals surface area contributed by atoms with E-state index in [0.717, 1.165) is 0 Å². The Morgan fingerprint density at radius 3 is 2.69 bits per heavy atom. The van der Waals surface area contributed by atoms with Gasteiger partial charge in [0.1, 0.15) is 17.8 Å². The molecule has 0 aliphatic rings. The predicted molar refractivity (Wildman–Crippen MR) is 132 cm³/mol. The summed E-state index contributed by atoms with van der Waals surface area (Å²) in [6.45, 7) is 2.17. The van der Waals surface area contributed by atoms with Crippen molar-refractivity contribution in [2.24, 2.45) is 0 Å². The Bertz CT molecular complexity index is 1350. The average molecular weight is 518 g/mol. The van der Waals surface area contributed by atoms with Gasteiger partial charge >= 0.3 is 6.03 Å². The highest BCUT2D eigenvalue weighted by Gasteiger charge is 2.14. The number of ether oxygens (including phenoxy) is 3. The molecule has 2 aromatic carbocycles. The number of alkyl halides is 1. The van der Waals surface area contributed by atoms with Crippen LogP contribution in [0.1, 0.15) is 12.2 Å². The second kappa shape index (κ2) is 11.1. The van der Waals surface area contributed by atoms with Crippen molar-refractivity contribution in [3.63, 3.8) is 0 Å². The van der Waals surface area contributed by atoms with Crippen LogP contribution in [0.4, 0.5) is 16.3 Å². The number of aryl methyl sites for hydroxylation is 1. The zero-order valence-corrected chi connectivity index (χ0v) is 20.3. The van der Waals surface area contributed by atoms with E-state index in [2.05, 4.69) is 25.8 Å². The summed E-state index contributed by atoms with van der Waals surface area (Å²) in [5.41, 5.74) is 0.991. The van der Waals surface area contributed by atoms with E-state index in [4.69, 9.17) is 41.9 Å². The van der Waals surface area contributed by atoms with E-state index in [1.165, 1.54) is 6.33 Å². The maximum absolute atomic E-state index is 12.2. The molecule has 0 spiro atoms. The maximum atomic E-state index is 12.2. The number of nitrogens with zero attached hydrogens (tertiary/aromatic N) is 3. The molecule has 12 heteroatoms. The highest BCUT2D eigenvalue weighted by molar-refractivity contribution is 6.34. The Hall–Kier alpha value is -3.76. The van der Waals surface area contributed by atoms with Gasteiger partial charge in [-0.25, -0.2) is 14.8 Å². The highest BCUT2D eigenvalue weighted by Crippen LogP contribution is 2.37. The molecule has 0 saturated carbocycles. The normalized spacial score (nSPS) is 10.7. The standard InChI is InChI=1S/C23H21Cl2N5O5/c1-13-8-21(30-35-13)29-23(31)28-17-5-4-14(9-16(17)25)34-22-15-10-19(32-2)20(33-7-3-6-24)11-18(15)26-12-27-22/h4-5,8-12H,3,6-7H2,1-2H3,(H2,28,29,30,31). The largest absolute Gasteiger partial charge is 0.493 e. The number of carbonyl (C=O) groups excluding carboxylic acids is 1. The second-order valence-corrected chi connectivity index (χ2v) is 8.02. The quantitative estimate of drug-likeness (QED) is 0.204. The molecule has 2 amide bonds. The third kappa shape index (κ3) is 6.03. The van der Waals surface area contributed by atoms with Gasteiger partial charge in [-0.05, 0) is 31.5 Å². The first kappa shape index (κ1) is 24.4. The van der Waals surface area contributed by atoms with E-state index in [1.807, 2.05) is 0 Å². The first-order valence-corrected chi connectivity index (χ1v) is 11.4. The Morgan fingerprint density at radius 1 is 1.11 bits per heavy atom. The van der Waals surface area contributed by atoms with Crippen LogP contribution >= 0.6 is 23.2 Å². The SMILES string of the molecule is COc1cc2c(Oc3ccc(NC(=O)Nc4cc(C)on4)c(Cl)c3)ncnc2cc1OCCCCl. The number of anilines is 2. The van der Waals surface area contributed by atoms with Gasteiger partial charge in [0.15, 0.2) is 17.3 Å². The van der Waals surface area contributed by atoms with Gasteiger partial charge < -0.3 is 24.1 Å². The number of hydrogen-bond donors (Lipinski definition) is 2. The van der Waals surface area contributed by atoms with Crippen molar-refractivity contribution in [1.29, 1.82) is 0 Å². The molecule has 0 fully saturated rings. The van der Waals surface area contributed by atoms with E-state index < -0.39 is 6.03 Å². The molecule has 0 aliphatic carbocycles. The van der Waals surface area contributed by atoms with Gasteiger partial charge in [-0.3, -0.25) is 5.32 Å². The fourth-order valence-electron chi connectivity index (χ4n) is 3.10. The predicted octanol–water partition coefficient (Wildman–Crippen LogP) is 6.03. The van der Waals surface area contributed by atoms with Crippen LogP contribution in [0.3, 0.4) is 0 Å². The van der Waals surface area contributed by atoms with E-state index in [1.54, 1.807) is 50.4 Å². The van der Waals surface area contributed by atoms with Gasteiger partial charge in [0.2, 0.25) is 5.88 Å². The summed E-state index contributed by atoms with van der Waals surface area (Å²) in [5, 5.41) is 9.79. The van der Waals surface area contributed by atoms with E-state index in [-0.39, 0.29) is 10.8 Å². The lowest BCUT2D eigenvalue weighted by atomic mass is 10.2. The summed E-state index contributed by atoms with van der Waals surface area (Å²) in [5.74, 6) is 3.13. The fourth-order valence-corrected chi connectivity index (χ4v) is 3.43. The zero-order valence-electron chi connectivity index (χ0n) is 18.8. The second-order valence-electron chi connectivity index (χ2n) is 7.24. The molecule has 2 heterocycles. The summed E-state index contributed by atoms with van der Waals surface area (Å²) < 4.78 is 22.1. The monoisotopic (exact) mass is 517 g/mol. The summed E-state index contributed by atoms with van der Waals surface area (Å²) in [4.78, 5) is 20.7. The van der Waals surface area contributed by atoms with Crippen LogP contribution in [-0.4, -0.2) is 40.8 Å². The Balaban J connectivity index is 1.51. The smallest absolute Gasteiger partial charge is 0.324 e. The lowest BCUT2D eigenvalue weighted by Crippen LogP contribution is -2.19. The number of aromatic nitrogens is 3. The third-order valence-corrected chi connectivity index (χ3v) is 5.27. The van der Waals surface area contributed by atoms with Crippen LogP contribution in [0.5, 0.6) is 23.1 Å². The van der Waals surface area contributed by atoms with E-state index in [9.17, 15) is 4.79 Å². The minimum absolute atomic E-state index is 0.264. The minimum Gasteiger partial charge on any atom is -0.493 e. The first-order valence-electron chi connectivity index (χ1n) is 10.5. The topological polar surface area (TPSA) is 121 Å². The van der Waals surface area contributed by atoms with Crippen molar-refractivity contribution in [3.05, 3.63) is 53.5 Å². The van der Waals surface area contributed by atoms with Gasteiger partial charge in [0.05, 0.1) is 35.3 Å². The Kier molecular flexibility index (Phi) is 7.74. The van der Waals surface area contributed by atoms with Crippen LogP contribution < -0.4 is 24.8 Å². The van der Waals surface area contributed by atoms with Crippen LogP contribution in [0.25, 0.3) is 10.9 Å². The lowest BCUT2D eigenvalue weighted by molar-refractivity contribution is 0.262. The van der Waals surface area contributed by atoms with Crippen molar-refractivity contribution in [2.45, 2.75) is 13.3 Å². The molecular weight excluding hydrogens is 497 g/mol. The van der Waals surface area contributed by atoms with Gasteiger partial charge in [-0.1, -0.05) is 16.8 Å². The van der Waals surface area contributed by atoms with Crippen molar-refractivity contribution >= 4 is 51.6 Å². The molecule has 2 N–H and O–H groups in total. The molecule has 2 aromatic heterocycles. The first-order chi connectivity index (χ1) is 17.0. The molecule has 0 aliphatic heterocycles. The van der Waals surface area contributed by atoms with Crippen LogP contribution in [-0.2, 0) is 0 Å². The van der Waals surface area contributed by atoms with Crippen molar-refractivity contribution < 1.29 is 23.5 Å². The number of urea groups is 1. The van der Waals surface area contributed by atoms with Gasteiger partial charge in [0, 0.05) is 24.1 Å². The molecule has 0 bridgehead atoms. The summed E-state index contributed by atoms with van der Waals surface area (Å²) in [6, 6.07) is 9.39. The third-order valence-electron chi connectivity index (χ3n) is 4.69. The summed E-state index contributed by atoms with van der Waals surface area (Å²) in [6.07, 6.45) is 2.09. The van der Waals surface area contributed by atoms with Gasteiger partial charge in [0.25, 0.3) is 0 Å². The van der Waals surface area contributed by atoms with Crippen LogP contribution in [0.2, 0.25) is 5.02 Å². The summed E-state index contributed by atoms with van der Waals surface area (Å²) >= 11 is 12.1. The number of amides is 2. The number of nitrogens with one attached hydrogen (secondary N) is 2. The number of methoxy groups -OCH3 is 1. The molecule has 4 aromatic rings. The Morgan fingerprint density at radius 2 is 1.97 bits per heavy atom. The number of halogens is 2. The van der Waals surface area contributed by atoms with Crippen molar-refractivity contribution in [1.82, 2.24) is 15.1 Å². The number of fused-ring (bicyclic) bond motifs is 1. The zero-order chi connectivity index (χ0) is 24.8. The highest BCUT2D eigenvalue weighted by atomic mass is 35.5. The molecule has 0 unspecified atom stereocenters. The van der Waals surface area contributed by atoms with Gasteiger partial charge in [-0.2, -0.15) is 0 Å². The number of rotatable bonds is 9. The van der Waals surface area contributed by atoms with E-state index >= 15 is 0 Å². The van der Waals surface area contributed by atoms with Crippen molar-refractivity contribution in [3.8, 4) is 23.1 Å². The van der Waals surface area contributed by atoms with E-state index in [0.29, 0.717) is 64.4 Å². The molecule has 35 heavy (non-hydrogen) atoms. The molecule has 4 rings (SSSR count). The lowest BCUT2D eigenvalue weighted by Gasteiger charge is -2.13. The molecular formula is C23H21Cl2N5O5. The van der Waals surface area contributed by atoms with Gasteiger partial charge in [-0.15, -0.1) is 11.6 Å². The summed E-state index contributed by atoms with van der Waals surface area (Å²) in [7, 11) is 1.55. The van der Waals surface area contributed by atoms with Crippen LogP contribution in [0.15, 0.2) is 47.2 Å². The minimum atomic E-state index is -0.521. The number of carbonyl (C=O) groups is 1. The van der Waals surface area contributed by atoms with Crippen molar-refractivity contribution in [2.75, 3.05) is 30.2 Å². The molecule has 0 atom stereocenters. The fraction of sp³-hybridized carbons (Fsp3) is 0.217. The van der Waals surface area contributed by atoms with Crippen LogP contribution in [0, 0.1) is 6.92 Å². The maximum Gasteiger partial charge on any atom is 0.324 e. The molecule has 10 nitrogen and oxygen atoms in total. The molecule has 0 saturated heterocycles. The Labute approximate surface area is 210 Å². The molecule has 0 radical (unpaired) electrons. The molecule has 182 valence electrons.